The average Bonchev–Trinajstić information content (AvgIpc) is 3.28. The topological polar surface area (TPSA) is 50.5 Å². The maximum Gasteiger partial charge on any atom is 0.272 e. The molecule has 4 rings (SSSR count). The van der Waals surface area contributed by atoms with Gasteiger partial charge in [-0.15, -0.1) is 11.3 Å². The number of aryl methyl sites for hydroxylation is 3. The molecule has 4 heterocycles. The summed E-state index contributed by atoms with van der Waals surface area (Å²) in [6.07, 6.45) is 5.43. The largest absolute Gasteiger partial charge is 0.334 e. The van der Waals surface area contributed by atoms with Crippen molar-refractivity contribution in [2.45, 2.75) is 52.0 Å². The van der Waals surface area contributed by atoms with E-state index in [2.05, 4.69) is 32.5 Å². The Kier molecular flexibility index (Phi) is 4.76. The van der Waals surface area contributed by atoms with Gasteiger partial charge < -0.3 is 4.90 Å². The van der Waals surface area contributed by atoms with E-state index in [9.17, 15) is 4.79 Å². The monoisotopic (exact) mass is 368 g/mol. The van der Waals surface area contributed by atoms with Crippen LogP contribution in [-0.2, 0) is 6.42 Å². The summed E-state index contributed by atoms with van der Waals surface area (Å²) in [6, 6.07) is 8.38. The maximum absolute atomic E-state index is 13.2. The molecule has 1 saturated heterocycles. The summed E-state index contributed by atoms with van der Waals surface area (Å²) in [6.45, 7) is 4.75. The van der Waals surface area contributed by atoms with Gasteiger partial charge in [-0.05, 0) is 63.5 Å². The van der Waals surface area contributed by atoms with E-state index in [1.54, 1.807) is 15.9 Å². The first kappa shape index (κ1) is 17.2. The first-order valence-corrected chi connectivity index (χ1v) is 10.2. The minimum absolute atomic E-state index is 0.0605. The van der Waals surface area contributed by atoms with E-state index >= 15 is 0 Å². The van der Waals surface area contributed by atoms with Gasteiger partial charge in [0.25, 0.3) is 5.91 Å². The van der Waals surface area contributed by atoms with Gasteiger partial charge in [-0.2, -0.15) is 5.10 Å². The van der Waals surface area contributed by atoms with Gasteiger partial charge in [0.05, 0.1) is 5.69 Å². The van der Waals surface area contributed by atoms with Gasteiger partial charge in [0.15, 0.2) is 5.65 Å². The minimum atomic E-state index is 0.0605. The Bertz CT molecular complexity index is 915. The highest BCUT2D eigenvalue weighted by atomic mass is 32.1. The number of hydrogen-bond acceptors (Lipinski definition) is 4. The van der Waals surface area contributed by atoms with E-state index in [-0.39, 0.29) is 5.91 Å². The first-order valence-electron chi connectivity index (χ1n) is 9.29. The van der Waals surface area contributed by atoms with Crippen molar-refractivity contribution in [1.29, 1.82) is 0 Å². The van der Waals surface area contributed by atoms with Crippen LogP contribution in [0.25, 0.3) is 5.65 Å². The molecule has 1 atom stereocenters. The van der Waals surface area contributed by atoms with Gasteiger partial charge in [0.1, 0.15) is 5.69 Å². The van der Waals surface area contributed by atoms with Crippen molar-refractivity contribution in [1.82, 2.24) is 19.5 Å². The zero-order valence-electron chi connectivity index (χ0n) is 15.3. The smallest absolute Gasteiger partial charge is 0.272 e. The third-order valence-corrected chi connectivity index (χ3v) is 6.07. The molecule has 5 nitrogen and oxygen atoms in total. The lowest BCUT2D eigenvalue weighted by atomic mass is 9.97. The number of aromatic nitrogens is 3. The van der Waals surface area contributed by atoms with Crippen molar-refractivity contribution in [3.8, 4) is 0 Å². The van der Waals surface area contributed by atoms with Gasteiger partial charge in [0, 0.05) is 29.2 Å². The zero-order valence-corrected chi connectivity index (χ0v) is 16.1. The Morgan fingerprint density at radius 3 is 3.00 bits per heavy atom. The van der Waals surface area contributed by atoms with Crippen LogP contribution in [-0.4, -0.2) is 38.0 Å². The fourth-order valence-electron chi connectivity index (χ4n) is 3.83. The highest BCUT2D eigenvalue weighted by Gasteiger charge is 2.28. The average molecular weight is 369 g/mol. The van der Waals surface area contributed by atoms with E-state index in [1.165, 1.54) is 11.3 Å². The fraction of sp³-hybridized carbons (Fsp3) is 0.450. The predicted molar refractivity (Wildman–Crippen MR) is 104 cm³/mol. The van der Waals surface area contributed by atoms with Crippen LogP contribution in [0.1, 0.15) is 52.4 Å². The molecule has 0 aliphatic carbocycles. The Morgan fingerprint density at radius 1 is 1.31 bits per heavy atom. The Balaban J connectivity index is 1.56. The number of rotatable bonds is 4. The normalized spacial score (nSPS) is 17.8. The second-order valence-electron chi connectivity index (χ2n) is 7.10. The van der Waals surface area contributed by atoms with E-state index in [1.807, 2.05) is 26.0 Å². The number of fused-ring (bicyclic) bond motifs is 1. The van der Waals surface area contributed by atoms with Crippen molar-refractivity contribution in [3.63, 3.8) is 0 Å². The lowest BCUT2D eigenvalue weighted by molar-refractivity contribution is 0.0596. The minimum Gasteiger partial charge on any atom is -0.334 e. The molecule has 6 heteroatoms. The molecule has 26 heavy (non-hydrogen) atoms. The molecule has 1 amide bonds. The van der Waals surface area contributed by atoms with Crippen LogP contribution in [0.3, 0.4) is 0 Å². The molecule has 0 radical (unpaired) electrons. The molecule has 0 spiro atoms. The molecule has 0 N–H and O–H groups in total. The van der Waals surface area contributed by atoms with Crippen LogP contribution >= 0.6 is 11.3 Å². The molecule has 0 bridgehead atoms. The second-order valence-corrected chi connectivity index (χ2v) is 8.14. The summed E-state index contributed by atoms with van der Waals surface area (Å²) in [4.78, 5) is 21.2. The molecule has 1 fully saturated rings. The third-order valence-electron chi connectivity index (χ3n) is 5.14. The number of hydrogen-bond donors (Lipinski definition) is 0. The molecule has 1 unspecified atom stereocenters. The zero-order chi connectivity index (χ0) is 18.1. The Hall–Kier alpha value is -2.21. The highest BCUT2D eigenvalue weighted by Crippen LogP contribution is 2.24. The van der Waals surface area contributed by atoms with Crippen LogP contribution in [0.15, 0.2) is 29.6 Å². The van der Waals surface area contributed by atoms with Gasteiger partial charge in [0.2, 0.25) is 0 Å². The molecule has 1 aliphatic heterocycles. The summed E-state index contributed by atoms with van der Waals surface area (Å²) < 4.78 is 1.80. The lowest BCUT2D eigenvalue weighted by Crippen LogP contribution is -2.44. The lowest BCUT2D eigenvalue weighted by Gasteiger charge is -2.35. The molecule has 0 saturated carbocycles. The molecule has 1 aliphatic rings. The number of likely N-dealkylation sites (tertiary alicyclic amines) is 1. The molecular formula is C20H24N4OS. The van der Waals surface area contributed by atoms with Crippen molar-refractivity contribution in [2.75, 3.05) is 6.54 Å². The van der Waals surface area contributed by atoms with Gasteiger partial charge >= 0.3 is 0 Å². The number of carbonyl (C=O) groups is 1. The van der Waals surface area contributed by atoms with Crippen LogP contribution < -0.4 is 0 Å². The molecule has 3 aromatic heterocycles. The van der Waals surface area contributed by atoms with Gasteiger partial charge in [-0.3, -0.25) is 4.79 Å². The van der Waals surface area contributed by atoms with Gasteiger partial charge in [-0.25, -0.2) is 9.50 Å². The van der Waals surface area contributed by atoms with Crippen LogP contribution in [0.2, 0.25) is 0 Å². The molecule has 0 aromatic carbocycles. The fourth-order valence-corrected chi connectivity index (χ4v) is 4.55. The van der Waals surface area contributed by atoms with Crippen molar-refractivity contribution in [3.05, 3.63) is 51.6 Å². The standard InChI is InChI=1S/C20H24N4OS/c1-14-12-19-21-18(13-15(2)24(19)22-14)20(25)23-10-4-3-6-16(23)8-9-17-7-5-11-26-17/h5,7,11-13,16H,3-4,6,8-10H2,1-2H3. The molecular weight excluding hydrogens is 344 g/mol. The summed E-state index contributed by atoms with van der Waals surface area (Å²) in [7, 11) is 0. The Morgan fingerprint density at radius 2 is 2.19 bits per heavy atom. The third kappa shape index (κ3) is 3.38. The van der Waals surface area contributed by atoms with E-state index in [0.717, 1.165) is 49.3 Å². The van der Waals surface area contributed by atoms with Crippen molar-refractivity contribution >= 4 is 22.9 Å². The number of amides is 1. The first-order chi connectivity index (χ1) is 12.6. The maximum atomic E-state index is 13.2. The van der Waals surface area contributed by atoms with Gasteiger partial charge in [-0.1, -0.05) is 6.07 Å². The number of piperidine rings is 1. The second kappa shape index (κ2) is 7.19. The highest BCUT2D eigenvalue weighted by molar-refractivity contribution is 7.09. The summed E-state index contributed by atoms with van der Waals surface area (Å²) in [5, 5.41) is 6.55. The summed E-state index contributed by atoms with van der Waals surface area (Å²) >= 11 is 1.80. The van der Waals surface area contributed by atoms with Crippen LogP contribution in [0.5, 0.6) is 0 Å². The SMILES string of the molecule is Cc1cc2nc(C(=O)N3CCCCC3CCc3cccs3)cc(C)n2n1. The number of thiophene rings is 1. The summed E-state index contributed by atoms with van der Waals surface area (Å²) in [5.41, 5.74) is 3.14. The van der Waals surface area contributed by atoms with Crippen LogP contribution in [0, 0.1) is 13.8 Å². The van der Waals surface area contributed by atoms with Crippen molar-refractivity contribution in [2.24, 2.45) is 0 Å². The van der Waals surface area contributed by atoms with E-state index in [0.29, 0.717) is 11.7 Å². The molecule has 136 valence electrons. The van der Waals surface area contributed by atoms with E-state index < -0.39 is 0 Å². The quantitative estimate of drug-likeness (QED) is 0.698. The molecule has 3 aromatic rings. The summed E-state index contributed by atoms with van der Waals surface area (Å²) in [5.74, 6) is 0.0605. The number of nitrogens with zero attached hydrogens (tertiary/aromatic N) is 4. The van der Waals surface area contributed by atoms with E-state index in [4.69, 9.17) is 0 Å². The van der Waals surface area contributed by atoms with Crippen LogP contribution in [0.4, 0.5) is 0 Å². The predicted octanol–water partition coefficient (Wildman–Crippen LogP) is 4.04. The Labute approximate surface area is 157 Å². The number of carbonyl (C=O) groups excluding carboxylic acids is 1. The van der Waals surface area contributed by atoms with Crippen molar-refractivity contribution < 1.29 is 4.79 Å².